The van der Waals surface area contributed by atoms with Gasteiger partial charge < -0.3 is 15.2 Å². The molecule has 0 atom stereocenters. The van der Waals surface area contributed by atoms with Gasteiger partial charge in [0.2, 0.25) is 0 Å². The molecule has 1 aromatic carbocycles. The van der Waals surface area contributed by atoms with Gasteiger partial charge in [-0.15, -0.1) is 11.3 Å². The molecule has 0 radical (unpaired) electrons. The van der Waals surface area contributed by atoms with Gasteiger partial charge in [0.15, 0.2) is 0 Å². The zero-order valence-corrected chi connectivity index (χ0v) is 12.6. The fourth-order valence-electron chi connectivity index (χ4n) is 1.86. The first-order chi connectivity index (χ1) is 9.92. The van der Waals surface area contributed by atoms with Crippen LogP contribution in [0.2, 0.25) is 0 Å². The van der Waals surface area contributed by atoms with Crippen LogP contribution in [0.5, 0.6) is 5.75 Å². The Morgan fingerprint density at radius 2 is 2.05 bits per heavy atom. The Hall–Kier alpha value is -2.41. The second kappa shape index (κ2) is 5.92. The number of aromatic carboxylic acids is 1. The lowest BCUT2D eigenvalue weighted by Crippen LogP contribution is -2.14. The molecule has 1 aromatic heterocycles. The van der Waals surface area contributed by atoms with E-state index in [0.717, 1.165) is 5.01 Å². The molecule has 0 unspecified atom stereocenters. The highest BCUT2D eigenvalue weighted by atomic mass is 32.1. The molecule has 0 saturated carbocycles. The van der Waals surface area contributed by atoms with Crippen LogP contribution in [0.25, 0.3) is 0 Å². The first kappa shape index (κ1) is 15.0. The van der Waals surface area contributed by atoms with Crippen LogP contribution in [0.15, 0.2) is 18.2 Å². The monoisotopic (exact) mass is 306 g/mol. The summed E-state index contributed by atoms with van der Waals surface area (Å²) in [5.74, 6) is -1.04. The van der Waals surface area contributed by atoms with Crippen molar-refractivity contribution in [2.75, 3.05) is 12.4 Å². The number of carbonyl (C=O) groups excluding carboxylic acids is 1. The van der Waals surface area contributed by atoms with Crippen LogP contribution in [0, 0.1) is 13.8 Å². The maximum atomic E-state index is 12.2. The molecule has 0 fully saturated rings. The predicted octanol–water partition coefficient (Wildman–Crippen LogP) is 2.72. The summed E-state index contributed by atoms with van der Waals surface area (Å²) in [5, 5.41) is 12.6. The third-order valence-corrected chi connectivity index (χ3v) is 3.89. The van der Waals surface area contributed by atoms with E-state index in [9.17, 15) is 9.59 Å². The Labute approximate surface area is 125 Å². The summed E-state index contributed by atoms with van der Waals surface area (Å²) < 4.78 is 5.05. The minimum atomic E-state index is -1.12. The van der Waals surface area contributed by atoms with Crippen molar-refractivity contribution >= 4 is 28.9 Å². The van der Waals surface area contributed by atoms with E-state index in [-0.39, 0.29) is 17.2 Å². The molecule has 0 aliphatic heterocycles. The van der Waals surface area contributed by atoms with Crippen molar-refractivity contribution < 1.29 is 19.4 Å². The average molecular weight is 306 g/mol. The standard InChI is InChI=1S/C14H14N2O4S/c1-7-12(21-8(2)15-7)13(17)16-11-6-9(20-3)4-5-10(11)14(18)19/h4-6H,1-3H3,(H,16,17)(H,18,19). The number of rotatable bonds is 4. The lowest BCUT2D eigenvalue weighted by molar-refractivity contribution is 0.0698. The Kier molecular flexibility index (Phi) is 4.23. The molecule has 0 bridgehead atoms. The molecule has 0 saturated heterocycles. The van der Waals surface area contributed by atoms with Gasteiger partial charge in [-0.05, 0) is 26.0 Å². The van der Waals surface area contributed by atoms with Gasteiger partial charge in [-0.3, -0.25) is 4.79 Å². The maximum absolute atomic E-state index is 12.2. The third-order valence-electron chi connectivity index (χ3n) is 2.82. The van der Waals surface area contributed by atoms with Crippen molar-refractivity contribution in [1.82, 2.24) is 4.98 Å². The van der Waals surface area contributed by atoms with Crippen LogP contribution in [0.1, 0.15) is 30.7 Å². The molecule has 2 rings (SSSR count). The normalized spacial score (nSPS) is 10.2. The molecule has 7 heteroatoms. The quantitative estimate of drug-likeness (QED) is 0.906. The number of benzene rings is 1. The number of aromatic nitrogens is 1. The number of carbonyl (C=O) groups is 2. The summed E-state index contributed by atoms with van der Waals surface area (Å²) in [6, 6.07) is 4.40. The van der Waals surface area contributed by atoms with Crippen LogP contribution < -0.4 is 10.1 Å². The minimum absolute atomic E-state index is 0.00282. The van der Waals surface area contributed by atoms with E-state index in [1.54, 1.807) is 6.92 Å². The van der Waals surface area contributed by atoms with Gasteiger partial charge in [0, 0.05) is 6.07 Å². The first-order valence-corrected chi connectivity index (χ1v) is 6.90. The molecule has 1 amide bonds. The van der Waals surface area contributed by atoms with E-state index in [1.807, 2.05) is 6.92 Å². The predicted molar refractivity (Wildman–Crippen MR) is 79.5 cm³/mol. The number of nitrogens with zero attached hydrogens (tertiary/aromatic N) is 1. The molecule has 1 heterocycles. The number of carboxylic acids is 1. The molecular formula is C14H14N2O4S. The van der Waals surface area contributed by atoms with Crippen LogP contribution in [-0.4, -0.2) is 29.1 Å². The first-order valence-electron chi connectivity index (χ1n) is 6.09. The van der Waals surface area contributed by atoms with Crippen LogP contribution in [0.4, 0.5) is 5.69 Å². The molecule has 0 spiro atoms. The second-order valence-electron chi connectivity index (χ2n) is 4.32. The van der Waals surface area contributed by atoms with Gasteiger partial charge in [0.05, 0.1) is 29.1 Å². The van der Waals surface area contributed by atoms with Gasteiger partial charge in [-0.25, -0.2) is 9.78 Å². The molecular weight excluding hydrogens is 292 g/mol. The lowest BCUT2D eigenvalue weighted by Gasteiger charge is -2.09. The van der Waals surface area contributed by atoms with Crippen molar-refractivity contribution in [3.63, 3.8) is 0 Å². The number of thiazole rings is 1. The molecule has 0 aliphatic carbocycles. The molecule has 6 nitrogen and oxygen atoms in total. The van der Waals surface area contributed by atoms with E-state index in [0.29, 0.717) is 16.3 Å². The molecule has 21 heavy (non-hydrogen) atoms. The van der Waals surface area contributed by atoms with Crippen molar-refractivity contribution in [3.8, 4) is 5.75 Å². The Balaban J connectivity index is 2.35. The summed E-state index contributed by atoms with van der Waals surface area (Å²) >= 11 is 1.26. The number of nitrogens with one attached hydrogen (secondary N) is 1. The van der Waals surface area contributed by atoms with Crippen molar-refractivity contribution in [2.45, 2.75) is 13.8 Å². The van der Waals surface area contributed by atoms with Gasteiger partial charge >= 0.3 is 5.97 Å². The highest BCUT2D eigenvalue weighted by Gasteiger charge is 2.18. The molecule has 2 aromatic rings. The van der Waals surface area contributed by atoms with Crippen molar-refractivity contribution in [1.29, 1.82) is 0 Å². The van der Waals surface area contributed by atoms with E-state index in [1.165, 1.54) is 36.6 Å². The van der Waals surface area contributed by atoms with E-state index in [2.05, 4.69) is 10.3 Å². The van der Waals surface area contributed by atoms with E-state index in [4.69, 9.17) is 9.84 Å². The molecule has 0 aliphatic rings. The van der Waals surface area contributed by atoms with Crippen LogP contribution >= 0.6 is 11.3 Å². The van der Waals surface area contributed by atoms with Crippen molar-refractivity contribution in [2.24, 2.45) is 0 Å². The highest BCUT2D eigenvalue weighted by Crippen LogP contribution is 2.25. The van der Waals surface area contributed by atoms with E-state index < -0.39 is 5.97 Å². The molecule has 110 valence electrons. The number of anilines is 1. The fraction of sp³-hybridized carbons (Fsp3) is 0.214. The zero-order valence-electron chi connectivity index (χ0n) is 11.8. The minimum Gasteiger partial charge on any atom is -0.497 e. The SMILES string of the molecule is COc1ccc(C(=O)O)c(NC(=O)c2sc(C)nc2C)c1. The van der Waals surface area contributed by atoms with Gasteiger partial charge in [-0.2, -0.15) is 0 Å². The Morgan fingerprint density at radius 1 is 1.33 bits per heavy atom. The summed E-state index contributed by atoms with van der Waals surface area (Å²) in [5.41, 5.74) is 0.815. The number of carboxylic acid groups (broad SMARTS) is 1. The zero-order chi connectivity index (χ0) is 15.6. The highest BCUT2D eigenvalue weighted by molar-refractivity contribution is 7.13. The van der Waals surface area contributed by atoms with Crippen molar-refractivity contribution in [3.05, 3.63) is 39.3 Å². The van der Waals surface area contributed by atoms with Crippen LogP contribution in [-0.2, 0) is 0 Å². The van der Waals surface area contributed by atoms with Gasteiger partial charge in [0.25, 0.3) is 5.91 Å². The summed E-state index contributed by atoms with van der Waals surface area (Å²) in [6.45, 7) is 3.55. The Morgan fingerprint density at radius 3 is 2.57 bits per heavy atom. The second-order valence-corrected chi connectivity index (χ2v) is 5.52. The average Bonchev–Trinajstić information content (AvgIpc) is 2.77. The number of hydrogen-bond acceptors (Lipinski definition) is 5. The number of methoxy groups -OCH3 is 1. The smallest absolute Gasteiger partial charge is 0.337 e. The Bertz CT molecular complexity index is 709. The van der Waals surface area contributed by atoms with Gasteiger partial charge in [-0.1, -0.05) is 0 Å². The largest absolute Gasteiger partial charge is 0.497 e. The van der Waals surface area contributed by atoms with E-state index >= 15 is 0 Å². The fourth-order valence-corrected chi connectivity index (χ4v) is 2.68. The number of ether oxygens (including phenoxy) is 1. The summed E-state index contributed by atoms with van der Waals surface area (Å²) in [4.78, 5) is 28.1. The summed E-state index contributed by atoms with van der Waals surface area (Å²) in [7, 11) is 1.47. The number of amides is 1. The van der Waals surface area contributed by atoms with Crippen LogP contribution in [0.3, 0.4) is 0 Å². The molecule has 2 N–H and O–H groups in total. The van der Waals surface area contributed by atoms with Gasteiger partial charge in [0.1, 0.15) is 10.6 Å². The lowest BCUT2D eigenvalue weighted by atomic mass is 10.1. The number of aryl methyl sites for hydroxylation is 2. The third kappa shape index (κ3) is 3.19. The summed E-state index contributed by atoms with van der Waals surface area (Å²) in [6.07, 6.45) is 0. The topological polar surface area (TPSA) is 88.5 Å². The number of hydrogen-bond donors (Lipinski definition) is 2. The maximum Gasteiger partial charge on any atom is 0.337 e.